The SMILES string of the molecule is O=C(Oc1ccc(-c2cnc3ccccc3n2)cc1)c1ccc([N+](=O)[O-])cc1. The Balaban J connectivity index is 1.50. The van der Waals surface area contributed by atoms with E-state index < -0.39 is 10.9 Å². The lowest BCUT2D eigenvalue weighted by atomic mass is 10.1. The maximum Gasteiger partial charge on any atom is 0.343 e. The number of esters is 1. The molecule has 7 nitrogen and oxygen atoms in total. The van der Waals surface area contributed by atoms with E-state index in [1.54, 1.807) is 30.5 Å². The summed E-state index contributed by atoms with van der Waals surface area (Å²) in [5, 5.41) is 10.7. The number of benzene rings is 3. The minimum absolute atomic E-state index is 0.0857. The van der Waals surface area contributed by atoms with E-state index >= 15 is 0 Å². The Labute approximate surface area is 159 Å². The van der Waals surface area contributed by atoms with Gasteiger partial charge in [0.2, 0.25) is 0 Å². The van der Waals surface area contributed by atoms with E-state index in [0.29, 0.717) is 11.4 Å². The molecule has 0 atom stereocenters. The van der Waals surface area contributed by atoms with Crippen LogP contribution in [0.5, 0.6) is 5.75 Å². The van der Waals surface area contributed by atoms with Gasteiger partial charge in [0.25, 0.3) is 5.69 Å². The lowest BCUT2D eigenvalue weighted by molar-refractivity contribution is -0.384. The number of hydrogen-bond donors (Lipinski definition) is 0. The summed E-state index contributed by atoms with van der Waals surface area (Å²) >= 11 is 0. The molecule has 0 fully saturated rings. The normalized spacial score (nSPS) is 10.6. The fourth-order valence-electron chi connectivity index (χ4n) is 2.68. The van der Waals surface area contributed by atoms with Crippen LogP contribution in [-0.4, -0.2) is 20.9 Å². The fraction of sp³-hybridized carbons (Fsp3) is 0. The van der Waals surface area contributed by atoms with E-state index in [1.807, 2.05) is 24.3 Å². The summed E-state index contributed by atoms with van der Waals surface area (Å²) in [6, 6.07) is 19.7. The molecular formula is C21H13N3O4. The van der Waals surface area contributed by atoms with Crippen molar-refractivity contribution in [2.45, 2.75) is 0 Å². The molecular weight excluding hydrogens is 358 g/mol. The van der Waals surface area contributed by atoms with Gasteiger partial charge in [-0.3, -0.25) is 15.1 Å². The second-order valence-corrected chi connectivity index (χ2v) is 5.96. The number of nitro groups is 1. The fourth-order valence-corrected chi connectivity index (χ4v) is 2.68. The van der Waals surface area contributed by atoms with Crippen molar-refractivity contribution in [2.75, 3.05) is 0 Å². The third kappa shape index (κ3) is 3.54. The van der Waals surface area contributed by atoms with E-state index in [2.05, 4.69) is 9.97 Å². The van der Waals surface area contributed by atoms with Gasteiger partial charge in [-0.25, -0.2) is 9.78 Å². The molecule has 0 spiro atoms. The van der Waals surface area contributed by atoms with Crippen LogP contribution in [0.25, 0.3) is 22.3 Å². The number of nitro benzene ring substituents is 1. The number of non-ortho nitro benzene ring substituents is 1. The van der Waals surface area contributed by atoms with E-state index in [0.717, 1.165) is 16.6 Å². The molecule has 0 aliphatic carbocycles. The minimum atomic E-state index is -0.590. The van der Waals surface area contributed by atoms with Crippen molar-refractivity contribution in [3.05, 3.63) is 94.7 Å². The molecule has 4 rings (SSSR count). The molecule has 1 heterocycles. The Kier molecular flexibility index (Phi) is 4.47. The Bertz CT molecular complexity index is 1170. The molecule has 0 unspecified atom stereocenters. The number of carbonyl (C=O) groups is 1. The molecule has 3 aromatic carbocycles. The zero-order chi connectivity index (χ0) is 19.5. The number of carbonyl (C=O) groups excluding carboxylic acids is 1. The second kappa shape index (κ2) is 7.24. The molecule has 0 bridgehead atoms. The maximum absolute atomic E-state index is 12.2. The van der Waals surface area contributed by atoms with Gasteiger partial charge in [-0.1, -0.05) is 12.1 Å². The lowest BCUT2D eigenvalue weighted by Crippen LogP contribution is -2.08. The number of nitrogens with zero attached hydrogens (tertiary/aromatic N) is 3. The van der Waals surface area contributed by atoms with Gasteiger partial charge < -0.3 is 4.74 Å². The third-order valence-corrected chi connectivity index (χ3v) is 4.12. The van der Waals surface area contributed by atoms with Crippen molar-refractivity contribution in [2.24, 2.45) is 0 Å². The first-order chi connectivity index (χ1) is 13.6. The number of rotatable bonds is 4. The van der Waals surface area contributed by atoms with Gasteiger partial charge in [0.05, 0.1) is 33.4 Å². The minimum Gasteiger partial charge on any atom is -0.423 e. The highest BCUT2D eigenvalue weighted by atomic mass is 16.6. The summed E-state index contributed by atoms with van der Waals surface area (Å²) in [6.07, 6.45) is 1.69. The van der Waals surface area contributed by atoms with Crippen molar-refractivity contribution in [3.63, 3.8) is 0 Å². The first kappa shape index (κ1) is 17.3. The zero-order valence-electron chi connectivity index (χ0n) is 14.5. The first-order valence-corrected chi connectivity index (χ1v) is 8.39. The van der Waals surface area contributed by atoms with Crippen molar-refractivity contribution in [3.8, 4) is 17.0 Å². The molecule has 0 saturated carbocycles. The maximum atomic E-state index is 12.2. The highest BCUT2D eigenvalue weighted by molar-refractivity contribution is 5.91. The molecule has 0 N–H and O–H groups in total. The zero-order valence-corrected chi connectivity index (χ0v) is 14.5. The van der Waals surface area contributed by atoms with E-state index in [4.69, 9.17) is 4.74 Å². The topological polar surface area (TPSA) is 95.2 Å². The summed E-state index contributed by atoms with van der Waals surface area (Å²) in [4.78, 5) is 31.3. The molecule has 136 valence electrons. The van der Waals surface area contributed by atoms with Crippen LogP contribution in [0.1, 0.15) is 10.4 Å². The molecule has 0 aliphatic heterocycles. The van der Waals surface area contributed by atoms with Crippen LogP contribution < -0.4 is 4.74 Å². The van der Waals surface area contributed by atoms with E-state index in [9.17, 15) is 14.9 Å². The molecule has 0 radical (unpaired) electrons. The molecule has 0 amide bonds. The lowest BCUT2D eigenvalue weighted by Gasteiger charge is -2.06. The second-order valence-electron chi connectivity index (χ2n) is 5.96. The molecule has 0 aliphatic rings. The van der Waals surface area contributed by atoms with Gasteiger partial charge in [0, 0.05) is 17.7 Å². The highest BCUT2D eigenvalue weighted by Gasteiger charge is 2.12. The number of hydrogen-bond acceptors (Lipinski definition) is 6. The summed E-state index contributed by atoms with van der Waals surface area (Å²) in [7, 11) is 0. The number of ether oxygens (including phenoxy) is 1. The van der Waals surface area contributed by atoms with Gasteiger partial charge in [0.1, 0.15) is 5.75 Å². The van der Waals surface area contributed by atoms with Crippen LogP contribution in [0.3, 0.4) is 0 Å². The Morgan fingerprint density at radius 1 is 0.893 bits per heavy atom. The van der Waals surface area contributed by atoms with Crippen LogP contribution in [-0.2, 0) is 0 Å². The molecule has 0 saturated heterocycles. The van der Waals surface area contributed by atoms with Crippen LogP contribution in [0.15, 0.2) is 79.0 Å². The number of fused-ring (bicyclic) bond motifs is 1. The number of aromatic nitrogens is 2. The predicted molar refractivity (Wildman–Crippen MR) is 103 cm³/mol. The Hall–Kier alpha value is -4.13. The summed E-state index contributed by atoms with van der Waals surface area (Å²) in [6.45, 7) is 0. The van der Waals surface area contributed by atoms with E-state index in [1.165, 1.54) is 24.3 Å². The average molecular weight is 371 g/mol. The molecule has 7 heteroatoms. The van der Waals surface area contributed by atoms with Gasteiger partial charge in [-0.05, 0) is 48.5 Å². The van der Waals surface area contributed by atoms with Crippen LogP contribution in [0.4, 0.5) is 5.69 Å². The average Bonchev–Trinajstić information content (AvgIpc) is 2.74. The predicted octanol–water partition coefficient (Wildman–Crippen LogP) is 4.42. The van der Waals surface area contributed by atoms with Crippen LogP contribution >= 0.6 is 0 Å². The van der Waals surface area contributed by atoms with Crippen LogP contribution in [0.2, 0.25) is 0 Å². The monoisotopic (exact) mass is 371 g/mol. The smallest absolute Gasteiger partial charge is 0.343 e. The number of para-hydroxylation sites is 2. The third-order valence-electron chi connectivity index (χ3n) is 4.12. The standard InChI is InChI=1S/C21H13N3O4/c25-21(15-5-9-16(10-6-15)24(26)27)28-17-11-7-14(8-12-17)20-13-22-18-3-1-2-4-19(18)23-20/h1-13H. The van der Waals surface area contributed by atoms with Crippen molar-refractivity contribution in [1.29, 1.82) is 0 Å². The van der Waals surface area contributed by atoms with Crippen molar-refractivity contribution in [1.82, 2.24) is 9.97 Å². The molecule has 4 aromatic rings. The van der Waals surface area contributed by atoms with Gasteiger partial charge in [0.15, 0.2) is 0 Å². The summed E-state index contributed by atoms with van der Waals surface area (Å²) < 4.78 is 5.32. The van der Waals surface area contributed by atoms with Gasteiger partial charge in [-0.15, -0.1) is 0 Å². The van der Waals surface area contributed by atoms with E-state index in [-0.39, 0.29) is 11.3 Å². The molecule has 1 aromatic heterocycles. The summed E-state index contributed by atoms with van der Waals surface area (Å²) in [5.74, 6) is -0.228. The van der Waals surface area contributed by atoms with Gasteiger partial charge >= 0.3 is 5.97 Å². The highest BCUT2D eigenvalue weighted by Crippen LogP contribution is 2.23. The molecule has 28 heavy (non-hydrogen) atoms. The Morgan fingerprint density at radius 2 is 1.57 bits per heavy atom. The first-order valence-electron chi connectivity index (χ1n) is 8.39. The van der Waals surface area contributed by atoms with Crippen molar-refractivity contribution >= 4 is 22.7 Å². The largest absolute Gasteiger partial charge is 0.423 e. The summed E-state index contributed by atoms with van der Waals surface area (Å²) in [5.41, 5.74) is 3.32. The Morgan fingerprint density at radius 3 is 2.25 bits per heavy atom. The quantitative estimate of drug-likeness (QED) is 0.228. The van der Waals surface area contributed by atoms with Crippen LogP contribution in [0, 0.1) is 10.1 Å². The van der Waals surface area contributed by atoms with Gasteiger partial charge in [-0.2, -0.15) is 0 Å². The van der Waals surface area contributed by atoms with Crippen molar-refractivity contribution < 1.29 is 14.5 Å².